The van der Waals surface area contributed by atoms with Crippen LogP contribution < -0.4 is 10.5 Å². The smallest absolute Gasteiger partial charge is 0.145 e. The van der Waals surface area contributed by atoms with Crippen LogP contribution in [0.4, 0.5) is 0 Å². The van der Waals surface area contributed by atoms with Crippen LogP contribution in [0.3, 0.4) is 0 Å². The van der Waals surface area contributed by atoms with E-state index in [9.17, 15) is 0 Å². The molecule has 5 heteroatoms. The number of ether oxygens (including phenoxy) is 1. The fraction of sp³-hybridized carbons (Fsp3) is 0.364. The molecule has 16 heavy (non-hydrogen) atoms. The number of oxime groups is 1. The van der Waals surface area contributed by atoms with Gasteiger partial charge in [0, 0.05) is 5.02 Å². The molecule has 4 nitrogen and oxygen atoms in total. The maximum atomic E-state index is 8.48. The van der Waals surface area contributed by atoms with Crippen LogP contribution in [-0.4, -0.2) is 17.6 Å². The topological polar surface area (TPSA) is 67.8 Å². The molecule has 0 aliphatic rings. The van der Waals surface area contributed by atoms with Gasteiger partial charge in [0.05, 0.1) is 12.5 Å². The van der Waals surface area contributed by atoms with Crippen LogP contribution in [0.2, 0.25) is 5.02 Å². The molecule has 3 N–H and O–H groups in total. The third kappa shape index (κ3) is 3.31. The van der Waals surface area contributed by atoms with Gasteiger partial charge in [-0.25, -0.2) is 0 Å². The van der Waals surface area contributed by atoms with E-state index in [0.29, 0.717) is 11.6 Å². The first-order valence-electron chi connectivity index (χ1n) is 4.91. The van der Waals surface area contributed by atoms with Crippen LogP contribution in [0.25, 0.3) is 0 Å². The summed E-state index contributed by atoms with van der Waals surface area (Å²) in [6.45, 7) is 4.09. The normalized spacial score (nSPS) is 13.6. The summed E-state index contributed by atoms with van der Waals surface area (Å²) in [6, 6.07) is 5.39. The van der Waals surface area contributed by atoms with Gasteiger partial charge in [-0.15, -0.1) is 0 Å². The molecule has 1 atom stereocenters. The van der Waals surface area contributed by atoms with E-state index in [2.05, 4.69) is 5.16 Å². The summed E-state index contributed by atoms with van der Waals surface area (Å²) < 4.78 is 5.55. The van der Waals surface area contributed by atoms with Crippen molar-refractivity contribution >= 4 is 17.4 Å². The van der Waals surface area contributed by atoms with E-state index in [0.717, 1.165) is 11.3 Å². The molecule has 1 rings (SSSR count). The third-order valence-electron chi connectivity index (χ3n) is 2.25. The van der Waals surface area contributed by atoms with Gasteiger partial charge in [-0.2, -0.15) is 0 Å². The molecule has 0 saturated carbocycles. The predicted octanol–water partition coefficient (Wildman–Crippen LogP) is 2.41. The van der Waals surface area contributed by atoms with Crippen LogP contribution >= 0.6 is 11.6 Å². The number of aryl methyl sites for hydroxylation is 1. The van der Waals surface area contributed by atoms with Crippen LogP contribution in [0.1, 0.15) is 12.5 Å². The second-order valence-electron chi connectivity index (χ2n) is 3.65. The molecule has 0 bridgehead atoms. The van der Waals surface area contributed by atoms with Crippen molar-refractivity contribution in [2.45, 2.75) is 13.8 Å². The molecule has 88 valence electrons. The lowest BCUT2D eigenvalue weighted by Crippen LogP contribution is -2.26. The highest BCUT2D eigenvalue weighted by Gasteiger charge is 2.09. The Kier molecular flexibility index (Phi) is 4.43. The summed E-state index contributed by atoms with van der Waals surface area (Å²) in [7, 11) is 0. The van der Waals surface area contributed by atoms with Crippen molar-refractivity contribution in [3.8, 4) is 5.75 Å². The summed E-state index contributed by atoms with van der Waals surface area (Å²) in [5.74, 6) is 0.772. The van der Waals surface area contributed by atoms with Gasteiger partial charge in [0.2, 0.25) is 0 Å². The number of nitrogens with two attached hydrogens (primary N) is 1. The van der Waals surface area contributed by atoms with Crippen molar-refractivity contribution in [1.82, 2.24) is 0 Å². The highest BCUT2D eigenvalue weighted by molar-refractivity contribution is 6.30. The van der Waals surface area contributed by atoms with Gasteiger partial charge in [0.25, 0.3) is 0 Å². The zero-order chi connectivity index (χ0) is 12.1. The average Bonchev–Trinajstić information content (AvgIpc) is 2.26. The molecule has 0 aromatic heterocycles. The van der Waals surface area contributed by atoms with E-state index in [1.54, 1.807) is 12.1 Å². The van der Waals surface area contributed by atoms with E-state index in [1.165, 1.54) is 0 Å². The van der Waals surface area contributed by atoms with Crippen molar-refractivity contribution in [1.29, 1.82) is 0 Å². The van der Waals surface area contributed by atoms with Crippen LogP contribution in [0, 0.1) is 12.8 Å². The van der Waals surface area contributed by atoms with E-state index in [-0.39, 0.29) is 11.8 Å². The van der Waals surface area contributed by atoms with Crippen LogP contribution in [0.15, 0.2) is 23.4 Å². The number of nitrogens with zero attached hydrogens (tertiary/aromatic N) is 1. The molecule has 1 aromatic carbocycles. The Morgan fingerprint density at radius 1 is 1.62 bits per heavy atom. The SMILES string of the molecule is Cc1cc(Cl)ccc1OCC(C)/C(N)=N/O. The molecular formula is C11H15ClN2O2. The van der Waals surface area contributed by atoms with Crippen LogP contribution in [-0.2, 0) is 0 Å². The Bertz CT molecular complexity index is 394. The minimum Gasteiger partial charge on any atom is -0.493 e. The van der Waals surface area contributed by atoms with Gasteiger partial charge < -0.3 is 15.7 Å². The molecule has 0 aliphatic carbocycles. The number of rotatable bonds is 4. The van der Waals surface area contributed by atoms with Gasteiger partial charge in [-0.1, -0.05) is 23.7 Å². The van der Waals surface area contributed by atoms with Gasteiger partial charge in [0.15, 0.2) is 0 Å². The van der Waals surface area contributed by atoms with E-state index < -0.39 is 0 Å². The second-order valence-corrected chi connectivity index (χ2v) is 4.08. The van der Waals surface area contributed by atoms with Crippen molar-refractivity contribution in [3.05, 3.63) is 28.8 Å². The molecule has 0 amide bonds. The predicted molar refractivity (Wildman–Crippen MR) is 64.3 cm³/mol. The van der Waals surface area contributed by atoms with Gasteiger partial charge >= 0.3 is 0 Å². The Labute approximate surface area is 99.7 Å². The lowest BCUT2D eigenvalue weighted by Gasteiger charge is -2.13. The number of benzene rings is 1. The number of halogens is 1. The molecule has 0 aliphatic heterocycles. The number of hydrogen-bond donors (Lipinski definition) is 2. The third-order valence-corrected chi connectivity index (χ3v) is 2.48. The first-order chi connectivity index (χ1) is 7.54. The molecule has 0 spiro atoms. The van der Waals surface area contributed by atoms with Crippen LogP contribution in [0.5, 0.6) is 5.75 Å². The molecule has 0 saturated heterocycles. The summed E-state index contributed by atoms with van der Waals surface area (Å²) in [4.78, 5) is 0. The van der Waals surface area contributed by atoms with Gasteiger partial charge in [0.1, 0.15) is 11.6 Å². The molecule has 1 unspecified atom stereocenters. The zero-order valence-corrected chi connectivity index (χ0v) is 10.0. The lowest BCUT2D eigenvalue weighted by atomic mass is 10.2. The number of amidine groups is 1. The molecular weight excluding hydrogens is 228 g/mol. The highest BCUT2D eigenvalue weighted by Crippen LogP contribution is 2.22. The first-order valence-corrected chi connectivity index (χ1v) is 5.28. The summed E-state index contributed by atoms with van der Waals surface area (Å²) in [5.41, 5.74) is 6.40. The summed E-state index contributed by atoms with van der Waals surface area (Å²) in [6.07, 6.45) is 0. The molecule has 0 fully saturated rings. The zero-order valence-electron chi connectivity index (χ0n) is 9.27. The van der Waals surface area contributed by atoms with Crippen molar-refractivity contribution in [2.75, 3.05) is 6.61 Å². The summed E-state index contributed by atoms with van der Waals surface area (Å²) >= 11 is 5.82. The van der Waals surface area contributed by atoms with Crippen molar-refractivity contribution < 1.29 is 9.94 Å². The monoisotopic (exact) mass is 242 g/mol. The minimum atomic E-state index is -0.139. The van der Waals surface area contributed by atoms with Crippen molar-refractivity contribution in [3.63, 3.8) is 0 Å². The quantitative estimate of drug-likeness (QED) is 0.369. The Hall–Kier alpha value is -1.42. The van der Waals surface area contributed by atoms with Crippen molar-refractivity contribution in [2.24, 2.45) is 16.8 Å². The van der Waals surface area contributed by atoms with E-state index in [4.69, 9.17) is 27.3 Å². The standard InChI is InChI=1S/C11H15ClN2O2/c1-7-5-9(12)3-4-10(7)16-6-8(2)11(13)14-15/h3-5,8,15H,6H2,1-2H3,(H2,13,14). The maximum Gasteiger partial charge on any atom is 0.145 e. The minimum absolute atomic E-state index is 0.139. The second kappa shape index (κ2) is 5.61. The average molecular weight is 243 g/mol. The fourth-order valence-electron chi connectivity index (χ4n) is 1.17. The lowest BCUT2D eigenvalue weighted by molar-refractivity contribution is 0.278. The Morgan fingerprint density at radius 2 is 2.31 bits per heavy atom. The van der Waals surface area contributed by atoms with E-state index >= 15 is 0 Å². The Morgan fingerprint density at radius 3 is 2.88 bits per heavy atom. The van der Waals surface area contributed by atoms with Gasteiger partial charge in [-0.05, 0) is 30.7 Å². The number of hydrogen-bond acceptors (Lipinski definition) is 3. The summed E-state index contributed by atoms with van der Waals surface area (Å²) in [5, 5.41) is 12.1. The molecule has 1 aromatic rings. The fourth-order valence-corrected chi connectivity index (χ4v) is 1.40. The van der Waals surface area contributed by atoms with Gasteiger partial charge in [-0.3, -0.25) is 0 Å². The maximum absolute atomic E-state index is 8.48. The molecule has 0 radical (unpaired) electrons. The Balaban J connectivity index is 2.61. The molecule has 0 heterocycles. The highest BCUT2D eigenvalue weighted by atomic mass is 35.5. The largest absolute Gasteiger partial charge is 0.493 e. The van der Waals surface area contributed by atoms with E-state index in [1.807, 2.05) is 19.9 Å². The first kappa shape index (κ1) is 12.6.